The van der Waals surface area contributed by atoms with Gasteiger partial charge in [0.2, 0.25) is 0 Å². The van der Waals surface area contributed by atoms with Crippen LogP contribution in [0, 0.1) is 5.82 Å². The second kappa shape index (κ2) is 9.47. The summed E-state index contributed by atoms with van der Waals surface area (Å²) >= 11 is 6.04. The number of benzene rings is 2. The van der Waals surface area contributed by atoms with Crippen molar-refractivity contribution in [3.63, 3.8) is 0 Å². The van der Waals surface area contributed by atoms with E-state index in [1.807, 2.05) is 38.1 Å². The maximum absolute atomic E-state index is 13.8. The fourth-order valence-electron chi connectivity index (χ4n) is 2.19. The Hall–Kier alpha value is -1.54. The molecule has 1 nitrogen and oxygen atoms in total. The molecule has 0 heterocycles. The lowest BCUT2D eigenvalue weighted by atomic mass is 10.1. The number of hydrogen-bond acceptors (Lipinski definition) is 1. The molecule has 2 rings (SSSR count). The highest BCUT2D eigenvalue weighted by molar-refractivity contribution is 6.31. The molecule has 0 radical (unpaired) electrons. The fraction of sp³-hybridized carbons (Fsp3) is 0.368. The van der Waals surface area contributed by atoms with Crippen molar-refractivity contribution in [1.82, 2.24) is 0 Å². The Morgan fingerprint density at radius 2 is 1.73 bits per heavy atom. The molecule has 0 saturated heterocycles. The minimum atomic E-state index is -0.430. The number of ether oxygens (including phenoxy) is 1. The first-order valence-electron chi connectivity index (χ1n) is 7.81. The molecule has 0 unspecified atom stereocenters. The number of hydrogen-bond donors (Lipinski definition) is 0. The molecule has 2 aromatic carbocycles. The molecule has 120 valence electrons. The van der Waals surface area contributed by atoms with Gasteiger partial charge in [0.25, 0.3) is 0 Å². The van der Waals surface area contributed by atoms with E-state index in [2.05, 4.69) is 6.92 Å². The lowest BCUT2D eigenvalue weighted by Crippen LogP contribution is -2.06. The van der Waals surface area contributed by atoms with Crippen molar-refractivity contribution in [1.29, 1.82) is 0 Å². The summed E-state index contributed by atoms with van der Waals surface area (Å²) in [5, 5.41) is 0.389. The van der Waals surface area contributed by atoms with E-state index in [0.717, 1.165) is 18.6 Å². The van der Waals surface area contributed by atoms with Crippen molar-refractivity contribution in [3.05, 3.63) is 64.4 Å². The van der Waals surface area contributed by atoms with E-state index in [-0.39, 0.29) is 5.82 Å². The lowest BCUT2D eigenvalue weighted by molar-refractivity contribution is 0.221. The SMILES string of the molecule is CC.CCCc1ccc(O[C@H](C)c2c(F)cccc2Cl)cc1. The van der Waals surface area contributed by atoms with Gasteiger partial charge in [-0.2, -0.15) is 0 Å². The fourth-order valence-corrected chi connectivity index (χ4v) is 2.50. The smallest absolute Gasteiger partial charge is 0.131 e. The van der Waals surface area contributed by atoms with Crippen LogP contribution < -0.4 is 4.74 Å². The first-order chi connectivity index (χ1) is 10.6. The highest BCUT2D eigenvalue weighted by Gasteiger charge is 2.16. The van der Waals surface area contributed by atoms with Gasteiger partial charge in [-0.3, -0.25) is 0 Å². The minimum Gasteiger partial charge on any atom is -0.486 e. The van der Waals surface area contributed by atoms with E-state index >= 15 is 0 Å². The number of rotatable bonds is 5. The third-order valence-electron chi connectivity index (χ3n) is 3.18. The summed E-state index contributed by atoms with van der Waals surface area (Å²) in [6.45, 7) is 7.94. The van der Waals surface area contributed by atoms with E-state index in [1.54, 1.807) is 19.1 Å². The van der Waals surface area contributed by atoms with Gasteiger partial charge >= 0.3 is 0 Å². The maximum Gasteiger partial charge on any atom is 0.131 e. The van der Waals surface area contributed by atoms with Gasteiger partial charge in [0.15, 0.2) is 0 Å². The van der Waals surface area contributed by atoms with Gasteiger partial charge in [-0.1, -0.05) is 57.0 Å². The van der Waals surface area contributed by atoms with Gasteiger partial charge in [0.1, 0.15) is 17.7 Å². The molecule has 22 heavy (non-hydrogen) atoms. The standard InChI is InChI=1S/C17H18ClFO.C2H6/c1-3-5-13-8-10-14(11-9-13)20-12(2)17-15(18)6-4-7-16(17)19;1-2/h4,6-12H,3,5H2,1-2H3;1-2H3/t12-;/m1./s1. The summed E-state index contributed by atoms with van der Waals surface area (Å²) in [6, 6.07) is 12.6. The summed E-state index contributed by atoms with van der Waals surface area (Å²) in [5.41, 5.74) is 1.67. The Morgan fingerprint density at radius 3 is 2.27 bits per heavy atom. The van der Waals surface area contributed by atoms with Crippen LogP contribution in [0.4, 0.5) is 4.39 Å². The predicted molar refractivity (Wildman–Crippen MR) is 92.2 cm³/mol. The van der Waals surface area contributed by atoms with E-state index in [1.165, 1.54) is 11.6 Å². The molecule has 0 bridgehead atoms. The summed E-state index contributed by atoms with van der Waals surface area (Å²) in [6.07, 6.45) is 1.73. The van der Waals surface area contributed by atoms with Gasteiger partial charge in [0, 0.05) is 5.56 Å². The van der Waals surface area contributed by atoms with Gasteiger partial charge < -0.3 is 4.74 Å². The van der Waals surface area contributed by atoms with Gasteiger partial charge in [0.05, 0.1) is 5.02 Å². The summed E-state index contributed by atoms with van der Waals surface area (Å²) in [4.78, 5) is 0. The van der Waals surface area contributed by atoms with Crippen molar-refractivity contribution in [2.24, 2.45) is 0 Å². The predicted octanol–water partition coefficient (Wildman–Crippen LogP) is 6.60. The van der Waals surface area contributed by atoms with Crippen molar-refractivity contribution in [2.75, 3.05) is 0 Å². The molecule has 3 heteroatoms. The highest BCUT2D eigenvalue weighted by Crippen LogP contribution is 2.29. The van der Waals surface area contributed by atoms with Crippen molar-refractivity contribution in [2.45, 2.75) is 46.6 Å². The normalized spacial score (nSPS) is 11.4. The summed E-state index contributed by atoms with van der Waals surface area (Å²) in [7, 11) is 0. The zero-order valence-corrected chi connectivity index (χ0v) is 14.5. The van der Waals surface area contributed by atoms with Crippen LogP contribution in [-0.4, -0.2) is 0 Å². The van der Waals surface area contributed by atoms with Crippen LogP contribution in [0.15, 0.2) is 42.5 Å². The maximum atomic E-state index is 13.8. The highest BCUT2D eigenvalue weighted by atomic mass is 35.5. The molecule has 0 N–H and O–H groups in total. The van der Waals surface area contributed by atoms with Gasteiger partial charge in [-0.05, 0) is 43.2 Å². The molecular weight excluding hydrogens is 299 g/mol. The van der Waals surface area contributed by atoms with Crippen LogP contribution in [-0.2, 0) is 6.42 Å². The third kappa shape index (κ3) is 5.03. The molecule has 0 spiro atoms. The lowest BCUT2D eigenvalue weighted by Gasteiger charge is -2.17. The monoisotopic (exact) mass is 322 g/mol. The molecule has 0 aliphatic heterocycles. The summed E-state index contributed by atoms with van der Waals surface area (Å²) < 4.78 is 19.6. The summed E-state index contributed by atoms with van der Waals surface area (Å²) in [5.74, 6) is 0.379. The Morgan fingerprint density at radius 1 is 1.09 bits per heavy atom. The quantitative estimate of drug-likeness (QED) is 0.602. The largest absolute Gasteiger partial charge is 0.486 e. The molecule has 0 aromatic heterocycles. The van der Waals surface area contributed by atoms with Crippen molar-refractivity contribution < 1.29 is 9.13 Å². The van der Waals surface area contributed by atoms with Crippen LogP contribution in [0.2, 0.25) is 5.02 Å². The molecule has 0 saturated carbocycles. The second-order valence-corrected chi connectivity index (χ2v) is 5.20. The van der Waals surface area contributed by atoms with Gasteiger partial charge in [-0.25, -0.2) is 4.39 Å². The Kier molecular flexibility index (Phi) is 7.97. The van der Waals surface area contributed by atoms with Crippen LogP contribution in [0.5, 0.6) is 5.75 Å². The Bertz CT molecular complexity index is 546. The number of halogens is 2. The minimum absolute atomic E-state index is 0.340. The molecule has 0 amide bonds. The van der Waals surface area contributed by atoms with E-state index in [0.29, 0.717) is 10.6 Å². The molecule has 0 fully saturated rings. The first-order valence-corrected chi connectivity index (χ1v) is 8.19. The first kappa shape index (κ1) is 18.5. The second-order valence-electron chi connectivity index (χ2n) is 4.79. The Balaban J connectivity index is 0.00000116. The third-order valence-corrected chi connectivity index (χ3v) is 3.51. The van der Waals surface area contributed by atoms with E-state index < -0.39 is 6.10 Å². The molecule has 2 aromatic rings. The van der Waals surface area contributed by atoms with E-state index in [4.69, 9.17) is 16.3 Å². The average Bonchev–Trinajstić information content (AvgIpc) is 2.51. The zero-order chi connectivity index (χ0) is 16.5. The molecule has 1 atom stereocenters. The van der Waals surface area contributed by atoms with Crippen molar-refractivity contribution >= 4 is 11.6 Å². The topological polar surface area (TPSA) is 9.23 Å². The zero-order valence-electron chi connectivity index (χ0n) is 13.7. The Labute approximate surface area is 138 Å². The van der Waals surface area contributed by atoms with Crippen LogP contribution >= 0.6 is 11.6 Å². The van der Waals surface area contributed by atoms with Crippen LogP contribution in [0.1, 0.15) is 51.3 Å². The van der Waals surface area contributed by atoms with E-state index in [9.17, 15) is 4.39 Å². The van der Waals surface area contributed by atoms with Crippen LogP contribution in [0.3, 0.4) is 0 Å². The van der Waals surface area contributed by atoms with Crippen molar-refractivity contribution in [3.8, 4) is 5.75 Å². The molecular formula is C19H24ClFO. The van der Waals surface area contributed by atoms with Gasteiger partial charge in [-0.15, -0.1) is 0 Å². The molecule has 0 aliphatic rings. The van der Waals surface area contributed by atoms with Crippen LogP contribution in [0.25, 0.3) is 0 Å². The molecule has 0 aliphatic carbocycles. The average molecular weight is 323 g/mol. The number of aryl methyl sites for hydroxylation is 1.